The monoisotopic (exact) mass is 400 g/mol. The van der Waals surface area contributed by atoms with Crippen molar-refractivity contribution in [3.05, 3.63) is 0 Å². The van der Waals surface area contributed by atoms with Crippen LogP contribution in [0.25, 0.3) is 0 Å². The van der Waals surface area contributed by atoms with Crippen LogP contribution >= 0.6 is 0 Å². The summed E-state index contributed by atoms with van der Waals surface area (Å²) >= 11 is 0. The molecule has 0 saturated heterocycles. The van der Waals surface area contributed by atoms with Crippen molar-refractivity contribution in [2.45, 2.75) is 0 Å². The molecule has 0 aromatic carbocycles. The summed E-state index contributed by atoms with van der Waals surface area (Å²) in [7, 11) is -14.8. The van der Waals surface area contributed by atoms with Gasteiger partial charge in [-0.3, -0.25) is 0 Å². The van der Waals surface area contributed by atoms with Crippen molar-refractivity contribution in [2.75, 3.05) is 0 Å². The van der Waals surface area contributed by atoms with E-state index in [-0.39, 0.29) is 70.9 Å². The van der Waals surface area contributed by atoms with Crippen LogP contribution < -0.4 is 107 Å². The number of hydrogen-bond donors (Lipinski definition) is 0. The summed E-state index contributed by atoms with van der Waals surface area (Å²) < 4.78 is 102. The predicted octanol–water partition coefficient (Wildman–Crippen LogP) is -17.3. The first-order valence-electron chi connectivity index (χ1n) is 1.85. The molecule has 0 bridgehead atoms. The Morgan fingerprint density at radius 2 is 0.353 bits per heavy atom. The van der Waals surface area contributed by atoms with Gasteiger partial charge in [0.15, 0.2) is 0 Å². The molecule has 0 rings (SSSR count). The van der Waals surface area contributed by atoms with Crippen LogP contribution in [0, 0.1) is 30.7 Å². The molecule has 0 saturated carbocycles. The van der Waals surface area contributed by atoms with Crippen molar-refractivity contribution >= 4 is 0 Å². The molecule has 0 aliphatic rings. The molecule has 0 atom stereocenters. The molecular weight excluding hydrogens is 403 g/mol. The summed E-state index contributed by atoms with van der Waals surface area (Å²) in [5.41, 5.74) is 0. The van der Waals surface area contributed by atoms with Crippen molar-refractivity contribution in [2.24, 2.45) is 0 Å². The van der Waals surface area contributed by atoms with E-state index in [1.165, 1.54) is 0 Å². The van der Waals surface area contributed by atoms with Crippen LogP contribution in [0.2, 0.25) is 0 Å². The molecule has 0 unspecified atom stereocenters. The van der Waals surface area contributed by atoms with Gasteiger partial charge in [0.2, 0.25) is 0 Å². The van der Waals surface area contributed by atoms with E-state index < -0.39 is 30.7 Å². The molecule has 0 aliphatic carbocycles. The van der Waals surface area contributed by atoms with Gasteiger partial charge < -0.3 is 0 Å². The van der Waals surface area contributed by atoms with Crippen LogP contribution in [0.3, 0.4) is 0 Å². The second-order valence-corrected chi connectivity index (χ2v) is 3.40. The summed E-state index contributed by atoms with van der Waals surface area (Å²) in [5, 5.41) is 0. The van der Waals surface area contributed by atoms with E-state index in [1.54, 1.807) is 0 Å². The smallest absolute Gasteiger partial charge is 0.222 e. The standard InChI is InChI=1S/3ClHO4.K.Zn/c3*2-1(3,4)5;;/h3*(H,2,3,4,5);;/q;;;+1;+2/p-3. The molecule has 0 heterocycles. The van der Waals surface area contributed by atoms with Crippen molar-refractivity contribution < 1.29 is 157 Å². The molecule has 0 spiro atoms. The van der Waals surface area contributed by atoms with Crippen molar-refractivity contribution in [3.8, 4) is 0 Å². The normalized spacial score (nSPS) is 10.6. The maximum atomic E-state index is 8.49. The third-order valence-corrected chi connectivity index (χ3v) is 0. The molecule has 0 fully saturated rings. The fourth-order valence-corrected chi connectivity index (χ4v) is 0. The van der Waals surface area contributed by atoms with Gasteiger partial charge in [-0.1, -0.05) is 0 Å². The van der Waals surface area contributed by atoms with Crippen LogP contribution in [0.1, 0.15) is 0 Å². The first kappa shape index (κ1) is 31.8. The molecule has 0 amide bonds. The Morgan fingerprint density at radius 3 is 0.353 bits per heavy atom. The minimum atomic E-state index is -4.94. The average molecular weight is 403 g/mol. The maximum Gasteiger partial charge on any atom is 2.00 e. The largest absolute Gasteiger partial charge is 2.00 e. The summed E-state index contributed by atoms with van der Waals surface area (Å²) in [5.74, 6) is 0. The molecule has 17 heavy (non-hydrogen) atoms. The van der Waals surface area contributed by atoms with Crippen LogP contribution in [-0.4, -0.2) is 0 Å². The predicted molar refractivity (Wildman–Crippen MR) is 0 cm³/mol. The van der Waals surface area contributed by atoms with Gasteiger partial charge in [0.1, 0.15) is 0 Å². The van der Waals surface area contributed by atoms with Crippen molar-refractivity contribution in [1.82, 2.24) is 0 Å². The second-order valence-electron chi connectivity index (χ2n) is 1.13. The second kappa shape index (κ2) is 13.6. The van der Waals surface area contributed by atoms with Crippen LogP contribution in [-0.2, 0) is 19.5 Å². The SMILES string of the molecule is [K+].[O-][Cl+3]([O-])([O-])[O-].[O-][Cl+3]([O-])([O-])[O-].[O-][Cl+3]([O-])([O-])[O-].[Zn+2]. The van der Waals surface area contributed by atoms with Gasteiger partial charge in [-0.15, -0.1) is 30.7 Å². The third kappa shape index (κ3) is 736. The van der Waals surface area contributed by atoms with Gasteiger partial charge in [0, 0.05) is 0 Å². The zero-order valence-electron chi connectivity index (χ0n) is 7.74. The first-order chi connectivity index (χ1) is 6.00. The quantitative estimate of drug-likeness (QED) is 0.341. The molecule has 0 aromatic rings. The average Bonchev–Trinajstić information content (AvgIpc) is 1.41. The van der Waals surface area contributed by atoms with Gasteiger partial charge in [-0.25, -0.2) is 55.9 Å². The van der Waals surface area contributed by atoms with Crippen LogP contribution in [0.15, 0.2) is 0 Å². The Labute approximate surface area is 155 Å². The molecule has 0 N–H and O–H groups in total. The van der Waals surface area contributed by atoms with E-state index in [1.807, 2.05) is 0 Å². The van der Waals surface area contributed by atoms with Gasteiger partial charge in [0.25, 0.3) is 0 Å². The van der Waals surface area contributed by atoms with E-state index in [9.17, 15) is 0 Å². The Morgan fingerprint density at radius 1 is 0.353 bits per heavy atom. The van der Waals surface area contributed by atoms with E-state index in [0.29, 0.717) is 0 Å². The summed E-state index contributed by atoms with van der Waals surface area (Å²) in [6.07, 6.45) is 0. The van der Waals surface area contributed by atoms with E-state index >= 15 is 0 Å². The zero-order chi connectivity index (χ0) is 13.5. The minimum Gasteiger partial charge on any atom is -0.222 e. The van der Waals surface area contributed by atoms with Crippen molar-refractivity contribution in [3.63, 3.8) is 0 Å². The maximum absolute atomic E-state index is 8.49. The Kier molecular flexibility index (Phi) is 25.5. The Hall–Kier alpha value is 2.65. The van der Waals surface area contributed by atoms with E-state index in [4.69, 9.17) is 55.9 Å². The molecule has 17 heteroatoms. The van der Waals surface area contributed by atoms with E-state index in [0.717, 1.165) is 0 Å². The molecule has 0 radical (unpaired) electrons. The summed E-state index contributed by atoms with van der Waals surface area (Å²) in [6.45, 7) is 0. The Bertz CT molecular complexity index is 96.8. The number of halogens is 3. The molecular formula is Cl3KO12Zn. The Balaban J connectivity index is -0.0000000400. The first-order valence-corrected chi connectivity index (χ1v) is 5.55. The van der Waals surface area contributed by atoms with Gasteiger partial charge in [-0.05, 0) is 0 Å². The van der Waals surface area contributed by atoms with Crippen molar-refractivity contribution in [1.29, 1.82) is 0 Å². The van der Waals surface area contributed by atoms with Crippen LogP contribution in [0.5, 0.6) is 0 Å². The van der Waals surface area contributed by atoms with Gasteiger partial charge in [0.05, 0.1) is 0 Å². The van der Waals surface area contributed by atoms with Crippen LogP contribution in [0.4, 0.5) is 0 Å². The summed E-state index contributed by atoms with van der Waals surface area (Å²) in [4.78, 5) is 0. The summed E-state index contributed by atoms with van der Waals surface area (Å²) in [6, 6.07) is 0. The fraction of sp³-hybridized carbons (Fsp3) is 0. The molecule has 96 valence electrons. The zero-order valence-corrected chi connectivity index (χ0v) is 16.1. The van der Waals surface area contributed by atoms with Gasteiger partial charge in [-0.2, -0.15) is 0 Å². The topological polar surface area (TPSA) is 277 Å². The molecule has 0 aliphatic heterocycles. The molecule has 0 aromatic heterocycles. The fourth-order valence-electron chi connectivity index (χ4n) is 0. The third-order valence-electron chi connectivity index (χ3n) is 0. The van der Waals surface area contributed by atoms with Gasteiger partial charge >= 0.3 is 70.9 Å². The number of rotatable bonds is 0. The minimum absolute atomic E-state index is 0. The molecule has 12 nitrogen and oxygen atoms in total. The van der Waals surface area contributed by atoms with E-state index in [2.05, 4.69) is 0 Å². The number of hydrogen-bond acceptors (Lipinski definition) is 12.